The first-order chi connectivity index (χ1) is 11.7. The zero-order chi connectivity index (χ0) is 16.9. The number of ether oxygens (including phenoxy) is 2. The zero-order valence-electron chi connectivity index (χ0n) is 13.4. The van der Waals surface area contributed by atoms with Crippen molar-refractivity contribution in [3.05, 3.63) is 48.3 Å². The van der Waals surface area contributed by atoms with Gasteiger partial charge in [0.2, 0.25) is 0 Å². The Balaban J connectivity index is 1.98. The number of carbonyl (C=O) groups is 1. The summed E-state index contributed by atoms with van der Waals surface area (Å²) in [7, 11) is 3.18. The number of anilines is 2. The summed E-state index contributed by atoms with van der Waals surface area (Å²) in [4.78, 5) is 19.2. The molecule has 24 heavy (non-hydrogen) atoms. The van der Waals surface area contributed by atoms with E-state index in [-0.39, 0.29) is 0 Å². The van der Waals surface area contributed by atoms with Gasteiger partial charge in [-0.05, 0) is 23.8 Å². The average Bonchev–Trinajstić information content (AvgIpc) is 2.62. The number of rotatable bonds is 6. The van der Waals surface area contributed by atoms with Gasteiger partial charge in [-0.15, -0.1) is 0 Å². The van der Waals surface area contributed by atoms with Crippen LogP contribution in [0, 0.1) is 0 Å². The number of aldehydes is 1. The number of carbonyl (C=O) groups excluding carboxylic acids is 1. The molecule has 6 nitrogen and oxygen atoms in total. The number of aromatic nitrogens is 2. The average molecular weight is 323 g/mol. The van der Waals surface area contributed by atoms with Crippen molar-refractivity contribution in [3.8, 4) is 11.5 Å². The standard InChI is InChI=1S/C18H17N3O3/c1-23-16-9-14-15(10-17(16)24-2)19-11-20-18(14)21-13-5-3-12(4-6-13)7-8-22/h3-6,8-11H,7H2,1-2H3,(H,19,20,21). The van der Waals surface area contributed by atoms with E-state index in [1.165, 1.54) is 6.33 Å². The van der Waals surface area contributed by atoms with E-state index in [9.17, 15) is 4.79 Å². The Morgan fingerprint density at radius 1 is 1.04 bits per heavy atom. The molecule has 0 aliphatic carbocycles. The highest BCUT2D eigenvalue weighted by Crippen LogP contribution is 2.34. The van der Waals surface area contributed by atoms with Gasteiger partial charge in [0.05, 0.1) is 19.7 Å². The van der Waals surface area contributed by atoms with Crippen LogP contribution in [0.2, 0.25) is 0 Å². The van der Waals surface area contributed by atoms with Gasteiger partial charge >= 0.3 is 0 Å². The Morgan fingerprint density at radius 3 is 2.42 bits per heavy atom. The Morgan fingerprint density at radius 2 is 1.75 bits per heavy atom. The number of hydrogen-bond acceptors (Lipinski definition) is 6. The van der Waals surface area contributed by atoms with Crippen LogP contribution in [0.3, 0.4) is 0 Å². The van der Waals surface area contributed by atoms with E-state index >= 15 is 0 Å². The summed E-state index contributed by atoms with van der Waals surface area (Å²) < 4.78 is 10.7. The normalized spacial score (nSPS) is 10.4. The van der Waals surface area contributed by atoms with E-state index in [2.05, 4.69) is 15.3 Å². The van der Waals surface area contributed by atoms with E-state index in [0.29, 0.717) is 23.7 Å². The summed E-state index contributed by atoms with van der Waals surface area (Å²) in [6.45, 7) is 0. The number of benzene rings is 2. The number of fused-ring (bicyclic) bond motifs is 1. The molecule has 0 saturated heterocycles. The maximum absolute atomic E-state index is 10.6. The molecule has 0 amide bonds. The fraction of sp³-hybridized carbons (Fsp3) is 0.167. The van der Waals surface area contributed by atoms with Gasteiger partial charge in [-0.3, -0.25) is 0 Å². The lowest BCUT2D eigenvalue weighted by Crippen LogP contribution is -1.98. The summed E-state index contributed by atoms with van der Waals surface area (Å²) in [5.74, 6) is 1.90. The Kier molecular flexibility index (Phi) is 4.56. The lowest BCUT2D eigenvalue weighted by atomic mass is 10.1. The van der Waals surface area contributed by atoms with Crippen molar-refractivity contribution in [1.29, 1.82) is 0 Å². The first-order valence-electron chi connectivity index (χ1n) is 7.41. The van der Waals surface area contributed by atoms with E-state index in [1.807, 2.05) is 36.4 Å². The molecule has 0 radical (unpaired) electrons. The summed E-state index contributed by atoms with van der Waals surface area (Å²) in [5, 5.41) is 4.10. The maximum atomic E-state index is 10.6. The van der Waals surface area contributed by atoms with Crippen LogP contribution in [-0.2, 0) is 11.2 Å². The minimum atomic E-state index is 0.410. The van der Waals surface area contributed by atoms with Crippen molar-refractivity contribution in [1.82, 2.24) is 9.97 Å². The molecule has 3 aromatic rings. The molecule has 0 atom stereocenters. The van der Waals surface area contributed by atoms with E-state index in [4.69, 9.17) is 9.47 Å². The quantitative estimate of drug-likeness (QED) is 0.703. The van der Waals surface area contributed by atoms with Crippen LogP contribution in [0.15, 0.2) is 42.7 Å². The number of hydrogen-bond donors (Lipinski definition) is 1. The van der Waals surface area contributed by atoms with Crippen molar-refractivity contribution in [2.24, 2.45) is 0 Å². The smallest absolute Gasteiger partial charge is 0.162 e. The number of nitrogens with zero attached hydrogens (tertiary/aromatic N) is 2. The van der Waals surface area contributed by atoms with Gasteiger partial charge in [0.25, 0.3) is 0 Å². The SMILES string of the molecule is COc1cc2ncnc(Nc3ccc(CC=O)cc3)c2cc1OC. The molecule has 1 aromatic heterocycles. The first-order valence-corrected chi connectivity index (χ1v) is 7.41. The molecule has 1 N–H and O–H groups in total. The van der Waals surface area contributed by atoms with E-state index in [0.717, 1.165) is 28.4 Å². The molecule has 1 heterocycles. The largest absolute Gasteiger partial charge is 0.493 e. The fourth-order valence-corrected chi connectivity index (χ4v) is 2.44. The minimum absolute atomic E-state index is 0.410. The van der Waals surface area contributed by atoms with Crippen molar-refractivity contribution in [2.45, 2.75) is 6.42 Å². The molecule has 0 aliphatic heterocycles. The molecule has 0 saturated carbocycles. The molecule has 0 bridgehead atoms. The molecule has 0 aliphatic rings. The van der Waals surface area contributed by atoms with Gasteiger partial charge in [0.1, 0.15) is 18.4 Å². The summed E-state index contributed by atoms with van der Waals surface area (Å²) in [6, 6.07) is 11.3. The number of methoxy groups -OCH3 is 2. The molecular weight excluding hydrogens is 306 g/mol. The maximum Gasteiger partial charge on any atom is 0.162 e. The second-order valence-corrected chi connectivity index (χ2v) is 5.14. The van der Waals surface area contributed by atoms with Gasteiger partial charge in [-0.25, -0.2) is 9.97 Å². The van der Waals surface area contributed by atoms with Crippen LogP contribution in [-0.4, -0.2) is 30.5 Å². The Labute approximate surface area is 139 Å². The monoisotopic (exact) mass is 323 g/mol. The van der Waals surface area contributed by atoms with Crippen LogP contribution in [0.5, 0.6) is 11.5 Å². The van der Waals surface area contributed by atoms with Gasteiger partial charge in [0.15, 0.2) is 11.5 Å². The van der Waals surface area contributed by atoms with Crippen LogP contribution >= 0.6 is 0 Å². The van der Waals surface area contributed by atoms with Gasteiger partial charge in [-0.1, -0.05) is 12.1 Å². The molecule has 3 rings (SSSR count). The molecule has 0 spiro atoms. The molecule has 2 aromatic carbocycles. The summed E-state index contributed by atoms with van der Waals surface area (Å²) in [6.07, 6.45) is 2.80. The number of nitrogens with one attached hydrogen (secondary N) is 1. The van der Waals surface area contributed by atoms with Crippen molar-refractivity contribution in [2.75, 3.05) is 19.5 Å². The second kappa shape index (κ2) is 6.95. The third-order valence-electron chi connectivity index (χ3n) is 3.68. The first kappa shape index (κ1) is 15.7. The van der Waals surface area contributed by atoms with Crippen molar-refractivity contribution in [3.63, 3.8) is 0 Å². The van der Waals surface area contributed by atoms with E-state index in [1.54, 1.807) is 14.2 Å². The van der Waals surface area contributed by atoms with E-state index < -0.39 is 0 Å². The predicted octanol–water partition coefficient (Wildman–Crippen LogP) is 3.13. The van der Waals surface area contributed by atoms with Crippen LogP contribution < -0.4 is 14.8 Å². The van der Waals surface area contributed by atoms with Crippen LogP contribution in [0.1, 0.15) is 5.56 Å². The zero-order valence-corrected chi connectivity index (χ0v) is 13.4. The second-order valence-electron chi connectivity index (χ2n) is 5.14. The molecule has 122 valence electrons. The highest BCUT2D eigenvalue weighted by Gasteiger charge is 2.11. The van der Waals surface area contributed by atoms with Crippen molar-refractivity contribution >= 4 is 28.7 Å². The minimum Gasteiger partial charge on any atom is -0.493 e. The third kappa shape index (κ3) is 3.12. The van der Waals surface area contributed by atoms with Gasteiger partial charge in [-0.2, -0.15) is 0 Å². The lowest BCUT2D eigenvalue weighted by Gasteiger charge is -2.12. The third-order valence-corrected chi connectivity index (χ3v) is 3.68. The Hall–Kier alpha value is -3.15. The topological polar surface area (TPSA) is 73.3 Å². The molecular formula is C18H17N3O3. The van der Waals surface area contributed by atoms with Crippen LogP contribution in [0.4, 0.5) is 11.5 Å². The molecule has 0 unspecified atom stereocenters. The molecule has 6 heteroatoms. The summed E-state index contributed by atoms with van der Waals surface area (Å²) in [5.41, 5.74) is 2.59. The summed E-state index contributed by atoms with van der Waals surface area (Å²) >= 11 is 0. The Bertz CT molecular complexity index is 863. The highest BCUT2D eigenvalue weighted by molar-refractivity contribution is 5.93. The molecule has 0 fully saturated rings. The van der Waals surface area contributed by atoms with Crippen LogP contribution in [0.25, 0.3) is 10.9 Å². The fourth-order valence-electron chi connectivity index (χ4n) is 2.44. The van der Waals surface area contributed by atoms with Gasteiger partial charge in [0, 0.05) is 23.6 Å². The lowest BCUT2D eigenvalue weighted by molar-refractivity contribution is -0.107. The predicted molar refractivity (Wildman–Crippen MR) is 92.1 cm³/mol. The van der Waals surface area contributed by atoms with Crippen molar-refractivity contribution < 1.29 is 14.3 Å². The highest BCUT2D eigenvalue weighted by atomic mass is 16.5. The van der Waals surface area contributed by atoms with Gasteiger partial charge < -0.3 is 19.6 Å².